The smallest absolute Gasteiger partial charge is 0.129 e. The largest absolute Gasteiger partial charge is 0.360 e. The van der Waals surface area contributed by atoms with Crippen LogP contribution in [0.5, 0.6) is 0 Å². The van der Waals surface area contributed by atoms with E-state index >= 15 is 0 Å². The maximum Gasteiger partial charge on any atom is 0.129 e. The Kier molecular flexibility index (Phi) is 4.81. The highest BCUT2D eigenvalue weighted by Crippen LogP contribution is 2.37. The molecule has 0 unspecified atom stereocenters. The summed E-state index contributed by atoms with van der Waals surface area (Å²) < 4.78 is 16.5. The second kappa shape index (κ2) is 7.63. The molecular formula is C24H16Cl2FN3. The number of rotatable bonds is 4. The molecular weight excluding hydrogens is 420 g/mol. The Balaban J connectivity index is 1.71. The van der Waals surface area contributed by atoms with Crippen LogP contribution in [0.4, 0.5) is 4.39 Å². The number of benzene rings is 3. The zero-order chi connectivity index (χ0) is 20.7. The van der Waals surface area contributed by atoms with E-state index in [0.717, 1.165) is 33.4 Å². The van der Waals surface area contributed by atoms with E-state index in [1.165, 1.54) is 6.07 Å². The van der Waals surface area contributed by atoms with E-state index in [4.69, 9.17) is 23.2 Å². The minimum atomic E-state index is -0.339. The third-order valence-electron chi connectivity index (χ3n) is 5.14. The summed E-state index contributed by atoms with van der Waals surface area (Å²) in [5.74, 6) is -0.339. The van der Waals surface area contributed by atoms with Crippen LogP contribution in [0.1, 0.15) is 5.56 Å². The van der Waals surface area contributed by atoms with Gasteiger partial charge in [-0.3, -0.25) is 0 Å². The van der Waals surface area contributed by atoms with Gasteiger partial charge in [-0.25, -0.2) is 9.37 Å². The van der Waals surface area contributed by atoms with E-state index in [0.29, 0.717) is 22.2 Å². The van der Waals surface area contributed by atoms with E-state index in [1.807, 2.05) is 59.3 Å². The monoisotopic (exact) mass is 435 g/mol. The summed E-state index contributed by atoms with van der Waals surface area (Å²) >= 11 is 12.1. The zero-order valence-electron chi connectivity index (χ0n) is 15.7. The average Bonchev–Trinajstić information content (AvgIpc) is 3.34. The van der Waals surface area contributed by atoms with Gasteiger partial charge in [0.05, 0.1) is 24.3 Å². The molecule has 0 aliphatic heterocycles. The molecule has 5 rings (SSSR count). The van der Waals surface area contributed by atoms with E-state index in [9.17, 15) is 4.39 Å². The van der Waals surface area contributed by atoms with Gasteiger partial charge in [0.15, 0.2) is 0 Å². The zero-order valence-corrected chi connectivity index (χ0v) is 17.3. The van der Waals surface area contributed by atoms with Gasteiger partial charge < -0.3 is 9.55 Å². The van der Waals surface area contributed by atoms with Crippen molar-refractivity contribution in [2.75, 3.05) is 0 Å². The van der Waals surface area contributed by atoms with Crippen molar-refractivity contribution >= 4 is 34.1 Å². The molecule has 0 atom stereocenters. The molecule has 0 saturated heterocycles. The number of halogens is 3. The molecule has 30 heavy (non-hydrogen) atoms. The van der Waals surface area contributed by atoms with Crippen LogP contribution in [-0.4, -0.2) is 14.5 Å². The van der Waals surface area contributed by atoms with Crippen LogP contribution in [0.3, 0.4) is 0 Å². The first-order chi connectivity index (χ1) is 14.6. The predicted molar refractivity (Wildman–Crippen MR) is 120 cm³/mol. The van der Waals surface area contributed by atoms with E-state index < -0.39 is 0 Å². The summed E-state index contributed by atoms with van der Waals surface area (Å²) in [6, 6.07) is 20.4. The van der Waals surface area contributed by atoms with E-state index in [2.05, 4.69) is 9.97 Å². The lowest BCUT2D eigenvalue weighted by Gasteiger charge is -2.11. The highest BCUT2D eigenvalue weighted by molar-refractivity contribution is 6.31. The van der Waals surface area contributed by atoms with Crippen molar-refractivity contribution in [1.29, 1.82) is 0 Å². The van der Waals surface area contributed by atoms with Crippen LogP contribution in [0, 0.1) is 5.82 Å². The first-order valence-electron chi connectivity index (χ1n) is 9.41. The number of aromatic nitrogens is 3. The number of hydrogen-bond donors (Lipinski definition) is 1. The lowest BCUT2D eigenvalue weighted by molar-refractivity contribution is 0.600. The Morgan fingerprint density at radius 3 is 2.50 bits per heavy atom. The number of nitrogens with one attached hydrogen (secondary N) is 1. The molecule has 5 aromatic rings. The molecule has 3 aromatic carbocycles. The molecule has 148 valence electrons. The van der Waals surface area contributed by atoms with E-state index in [1.54, 1.807) is 18.5 Å². The summed E-state index contributed by atoms with van der Waals surface area (Å²) in [5.41, 5.74) is 5.19. The van der Waals surface area contributed by atoms with Crippen LogP contribution >= 0.6 is 23.2 Å². The topological polar surface area (TPSA) is 33.6 Å². The first-order valence-corrected chi connectivity index (χ1v) is 10.2. The maximum absolute atomic E-state index is 14.5. The van der Waals surface area contributed by atoms with Gasteiger partial charge in [0.25, 0.3) is 0 Å². The molecule has 2 heterocycles. The van der Waals surface area contributed by atoms with Gasteiger partial charge in [0.1, 0.15) is 5.82 Å². The Bertz CT molecular complexity index is 1360. The fraction of sp³-hybridized carbons (Fsp3) is 0.0417. The third kappa shape index (κ3) is 3.38. The number of imidazole rings is 1. The number of aromatic amines is 1. The second-order valence-electron chi connectivity index (χ2n) is 7.06. The number of H-pyrrole nitrogens is 1. The molecule has 0 aliphatic carbocycles. The molecule has 6 heteroatoms. The van der Waals surface area contributed by atoms with Crippen LogP contribution in [0.25, 0.3) is 33.4 Å². The fourth-order valence-electron chi connectivity index (χ4n) is 3.72. The summed E-state index contributed by atoms with van der Waals surface area (Å²) in [6.07, 6.45) is 3.69. The quantitative estimate of drug-likeness (QED) is 0.318. The lowest BCUT2D eigenvalue weighted by Crippen LogP contribution is -2.03. The SMILES string of the molecule is Fc1cc(Cl)ccc1Cn1cnc(-c2ccccc2)c1-c1c[nH]c2cc(Cl)ccc12. The van der Waals surface area contributed by atoms with Crippen molar-refractivity contribution in [1.82, 2.24) is 14.5 Å². The van der Waals surface area contributed by atoms with Crippen LogP contribution < -0.4 is 0 Å². The Morgan fingerprint density at radius 2 is 1.70 bits per heavy atom. The molecule has 0 saturated carbocycles. The normalized spacial score (nSPS) is 11.3. The number of fused-ring (bicyclic) bond motifs is 1. The molecule has 0 fully saturated rings. The maximum atomic E-state index is 14.5. The lowest BCUT2D eigenvalue weighted by atomic mass is 10.0. The standard InChI is InChI=1S/C24H16Cl2FN3/c25-17-7-6-16(21(27)10-17)13-30-14-29-23(15-4-2-1-3-5-15)24(30)20-12-28-22-11-18(26)8-9-19(20)22/h1-12,14,28H,13H2. The van der Waals surface area contributed by atoms with Gasteiger partial charge in [-0.05, 0) is 24.3 Å². The minimum absolute atomic E-state index is 0.332. The van der Waals surface area contributed by atoms with Crippen LogP contribution in [0.2, 0.25) is 10.0 Å². The summed E-state index contributed by atoms with van der Waals surface area (Å²) in [5, 5.41) is 2.06. The van der Waals surface area contributed by atoms with Crippen molar-refractivity contribution in [3.63, 3.8) is 0 Å². The molecule has 3 nitrogen and oxygen atoms in total. The fourth-order valence-corrected chi connectivity index (χ4v) is 4.05. The minimum Gasteiger partial charge on any atom is -0.360 e. The Labute approximate surface area is 182 Å². The van der Waals surface area contributed by atoms with Crippen molar-refractivity contribution < 1.29 is 4.39 Å². The van der Waals surface area contributed by atoms with Crippen molar-refractivity contribution in [3.05, 3.63) is 101 Å². The molecule has 0 aliphatic rings. The van der Waals surface area contributed by atoms with E-state index in [-0.39, 0.29) is 5.82 Å². The highest BCUT2D eigenvalue weighted by atomic mass is 35.5. The van der Waals surface area contributed by atoms with Gasteiger partial charge in [0.2, 0.25) is 0 Å². The van der Waals surface area contributed by atoms with Crippen LogP contribution in [0.15, 0.2) is 79.3 Å². The Hall–Kier alpha value is -3.08. The summed E-state index contributed by atoms with van der Waals surface area (Å²) in [7, 11) is 0. The Morgan fingerprint density at radius 1 is 0.933 bits per heavy atom. The second-order valence-corrected chi connectivity index (χ2v) is 7.94. The average molecular weight is 436 g/mol. The van der Waals surface area contributed by atoms with Gasteiger partial charge in [-0.15, -0.1) is 0 Å². The van der Waals surface area contributed by atoms with Crippen LogP contribution in [-0.2, 0) is 6.54 Å². The first kappa shape index (κ1) is 18.9. The molecule has 2 aromatic heterocycles. The van der Waals surface area contributed by atoms with Gasteiger partial charge >= 0.3 is 0 Å². The molecule has 0 amide bonds. The highest BCUT2D eigenvalue weighted by Gasteiger charge is 2.19. The molecule has 0 spiro atoms. The van der Waals surface area contributed by atoms with Crippen molar-refractivity contribution in [2.45, 2.75) is 6.54 Å². The third-order valence-corrected chi connectivity index (χ3v) is 5.61. The molecule has 0 bridgehead atoms. The molecule has 0 radical (unpaired) electrons. The predicted octanol–water partition coefficient (Wildman–Crippen LogP) is 7.19. The van der Waals surface area contributed by atoms with Gasteiger partial charge in [-0.2, -0.15) is 0 Å². The van der Waals surface area contributed by atoms with Crippen molar-refractivity contribution in [2.24, 2.45) is 0 Å². The number of hydrogen-bond acceptors (Lipinski definition) is 1. The van der Waals surface area contributed by atoms with Crippen molar-refractivity contribution in [3.8, 4) is 22.5 Å². The van der Waals surface area contributed by atoms with Gasteiger partial charge in [-0.1, -0.05) is 65.7 Å². The number of nitrogens with zero attached hydrogens (tertiary/aromatic N) is 2. The summed E-state index contributed by atoms with van der Waals surface area (Å²) in [6.45, 7) is 0.332. The van der Waals surface area contributed by atoms with Gasteiger partial charge in [0, 0.05) is 43.8 Å². The summed E-state index contributed by atoms with van der Waals surface area (Å²) in [4.78, 5) is 7.97. The molecule has 1 N–H and O–H groups in total.